The number of para-hydroxylation sites is 1. The van der Waals surface area contributed by atoms with Crippen molar-refractivity contribution >= 4 is 22.6 Å². The molecular weight excluding hydrogens is 226 g/mol. The average Bonchev–Trinajstić information content (AvgIpc) is 2.37. The number of aromatic nitrogens is 1. The predicted molar refractivity (Wildman–Crippen MR) is 73.7 cm³/mol. The third kappa shape index (κ3) is 2.59. The molecule has 2 aromatic rings. The lowest BCUT2D eigenvalue weighted by Gasteiger charge is -2.20. The molecule has 0 fully saturated rings. The van der Waals surface area contributed by atoms with Crippen LogP contribution in [0.2, 0.25) is 0 Å². The van der Waals surface area contributed by atoms with Crippen LogP contribution in [-0.4, -0.2) is 43.5 Å². The molecule has 0 aliphatic heterocycles. The van der Waals surface area contributed by atoms with Gasteiger partial charge in [0.15, 0.2) is 0 Å². The van der Waals surface area contributed by atoms with Gasteiger partial charge in [-0.15, -0.1) is 0 Å². The Morgan fingerprint density at radius 1 is 1.11 bits per heavy atom. The molecule has 0 saturated carbocycles. The number of carbonyl (C=O) groups is 1. The van der Waals surface area contributed by atoms with Gasteiger partial charge >= 0.3 is 0 Å². The van der Waals surface area contributed by atoms with E-state index in [0.29, 0.717) is 6.54 Å². The molecule has 0 spiro atoms. The Labute approximate surface area is 107 Å². The van der Waals surface area contributed by atoms with E-state index in [4.69, 9.17) is 0 Å². The molecule has 1 aromatic heterocycles. The molecule has 4 heteroatoms. The fraction of sp³-hybridized carbons (Fsp3) is 0.286. The third-order valence-corrected chi connectivity index (χ3v) is 2.85. The molecule has 0 aliphatic carbocycles. The van der Waals surface area contributed by atoms with Gasteiger partial charge in [-0.2, -0.15) is 0 Å². The zero-order valence-electron chi connectivity index (χ0n) is 10.9. The van der Waals surface area contributed by atoms with E-state index >= 15 is 0 Å². The first-order valence-corrected chi connectivity index (χ1v) is 5.85. The number of benzene rings is 1. The minimum atomic E-state index is 0.0625. The maximum atomic E-state index is 11.6. The second-order valence-corrected chi connectivity index (χ2v) is 4.51. The second-order valence-electron chi connectivity index (χ2n) is 4.51. The zero-order valence-corrected chi connectivity index (χ0v) is 10.9. The summed E-state index contributed by atoms with van der Waals surface area (Å²) in [6, 6.07) is 11.9. The van der Waals surface area contributed by atoms with Gasteiger partial charge < -0.3 is 9.80 Å². The topological polar surface area (TPSA) is 36.4 Å². The SMILES string of the molecule is CN(C)C(=O)CN(C)c1ccc2ccccc2n1. The zero-order chi connectivity index (χ0) is 13.1. The van der Waals surface area contributed by atoms with Crippen molar-refractivity contribution < 1.29 is 4.79 Å². The van der Waals surface area contributed by atoms with Crippen LogP contribution in [-0.2, 0) is 4.79 Å². The quantitative estimate of drug-likeness (QED) is 0.824. The molecule has 0 aliphatic rings. The molecule has 1 aromatic carbocycles. The van der Waals surface area contributed by atoms with Crippen molar-refractivity contribution in [2.24, 2.45) is 0 Å². The van der Waals surface area contributed by atoms with Gasteiger partial charge in [0.1, 0.15) is 5.82 Å². The minimum Gasteiger partial charge on any atom is -0.350 e. The summed E-state index contributed by atoms with van der Waals surface area (Å²) in [5.41, 5.74) is 0.944. The standard InChI is InChI=1S/C14H17N3O/c1-16(2)14(18)10-17(3)13-9-8-11-6-4-5-7-12(11)15-13/h4-9H,10H2,1-3H3. The van der Waals surface area contributed by atoms with Crippen LogP contribution < -0.4 is 4.90 Å². The largest absolute Gasteiger partial charge is 0.350 e. The minimum absolute atomic E-state index is 0.0625. The molecule has 0 saturated heterocycles. The van der Waals surface area contributed by atoms with Crippen molar-refractivity contribution in [3.8, 4) is 0 Å². The first-order chi connectivity index (χ1) is 8.58. The molecular formula is C14H17N3O. The Morgan fingerprint density at radius 3 is 2.56 bits per heavy atom. The highest BCUT2D eigenvalue weighted by atomic mass is 16.2. The number of carbonyl (C=O) groups excluding carboxylic acids is 1. The van der Waals surface area contributed by atoms with Crippen LogP contribution in [0.5, 0.6) is 0 Å². The maximum absolute atomic E-state index is 11.6. The Morgan fingerprint density at radius 2 is 1.83 bits per heavy atom. The van der Waals surface area contributed by atoms with Crippen molar-refractivity contribution in [1.29, 1.82) is 0 Å². The number of rotatable bonds is 3. The summed E-state index contributed by atoms with van der Waals surface area (Å²) < 4.78 is 0. The number of anilines is 1. The first kappa shape index (κ1) is 12.4. The molecule has 94 valence electrons. The highest BCUT2D eigenvalue weighted by Gasteiger charge is 2.10. The average molecular weight is 243 g/mol. The van der Waals surface area contributed by atoms with Crippen molar-refractivity contribution in [1.82, 2.24) is 9.88 Å². The smallest absolute Gasteiger partial charge is 0.241 e. The Bertz CT molecular complexity index is 566. The van der Waals surface area contributed by atoms with Gasteiger partial charge in [0.2, 0.25) is 5.91 Å². The summed E-state index contributed by atoms with van der Waals surface area (Å²) in [7, 11) is 5.38. The molecule has 0 unspecified atom stereocenters. The molecule has 0 N–H and O–H groups in total. The van der Waals surface area contributed by atoms with Gasteiger partial charge in [-0.25, -0.2) is 4.98 Å². The van der Waals surface area contributed by atoms with Gasteiger partial charge in [-0.05, 0) is 18.2 Å². The molecule has 1 amide bonds. The number of fused-ring (bicyclic) bond motifs is 1. The van der Waals surface area contributed by atoms with Gasteiger partial charge in [0, 0.05) is 26.5 Å². The summed E-state index contributed by atoms with van der Waals surface area (Å²) in [6.45, 7) is 0.332. The lowest BCUT2D eigenvalue weighted by atomic mass is 10.2. The van der Waals surface area contributed by atoms with Crippen LogP contribution in [0.1, 0.15) is 0 Å². The fourth-order valence-electron chi connectivity index (χ4n) is 1.69. The van der Waals surface area contributed by atoms with E-state index < -0.39 is 0 Å². The summed E-state index contributed by atoms with van der Waals surface area (Å²) in [5, 5.41) is 1.11. The van der Waals surface area contributed by atoms with E-state index in [2.05, 4.69) is 4.98 Å². The van der Waals surface area contributed by atoms with E-state index in [0.717, 1.165) is 16.7 Å². The van der Waals surface area contributed by atoms with E-state index in [1.165, 1.54) is 0 Å². The van der Waals surface area contributed by atoms with Gasteiger partial charge in [0.05, 0.1) is 12.1 Å². The van der Waals surface area contributed by atoms with Crippen molar-refractivity contribution in [2.75, 3.05) is 32.6 Å². The number of likely N-dealkylation sites (N-methyl/N-ethyl adjacent to an activating group) is 2. The van der Waals surface area contributed by atoms with Gasteiger partial charge in [-0.1, -0.05) is 18.2 Å². The van der Waals surface area contributed by atoms with Crippen molar-refractivity contribution in [3.63, 3.8) is 0 Å². The summed E-state index contributed by atoms with van der Waals surface area (Å²) in [4.78, 5) is 19.6. The lowest BCUT2D eigenvalue weighted by molar-refractivity contribution is -0.127. The highest BCUT2D eigenvalue weighted by Crippen LogP contribution is 2.16. The number of pyridine rings is 1. The molecule has 1 heterocycles. The summed E-state index contributed by atoms with van der Waals surface area (Å²) in [5.74, 6) is 0.872. The Kier molecular flexibility index (Phi) is 3.46. The van der Waals surface area contributed by atoms with Crippen LogP contribution in [0.4, 0.5) is 5.82 Å². The predicted octanol–water partition coefficient (Wildman–Crippen LogP) is 1.76. The van der Waals surface area contributed by atoms with E-state index in [9.17, 15) is 4.79 Å². The molecule has 2 rings (SSSR count). The van der Waals surface area contributed by atoms with Crippen LogP contribution in [0.3, 0.4) is 0 Å². The lowest BCUT2D eigenvalue weighted by Crippen LogP contribution is -2.34. The molecule has 18 heavy (non-hydrogen) atoms. The fourth-order valence-corrected chi connectivity index (χ4v) is 1.69. The van der Waals surface area contributed by atoms with E-state index in [1.807, 2.05) is 48.3 Å². The van der Waals surface area contributed by atoms with Crippen molar-refractivity contribution in [3.05, 3.63) is 36.4 Å². The second kappa shape index (κ2) is 5.04. The Balaban J connectivity index is 2.22. The molecule has 4 nitrogen and oxygen atoms in total. The first-order valence-electron chi connectivity index (χ1n) is 5.85. The normalized spacial score (nSPS) is 10.4. The number of hydrogen-bond acceptors (Lipinski definition) is 3. The molecule has 0 bridgehead atoms. The summed E-state index contributed by atoms with van der Waals surface area (Å²) in [6.07, 6.45) is 0. The molecule has 0 radical (unpaired) electrons. The van der Waals surface area contributed by atoms with E-state index in [1.54, 1.807) is 19.0 Å². The van der Waals surface area contributed by atoms with Crippen LogP contribution in [0, 0.1) is 0 Å². The van der Waals surface area contributed by atoms with Gasteiger partial charge in [-0.3, -0.25) is 4.79 Å². The van der Waals surface area contributed by atoms with Crippen molar-refractivity contribution in [2.45, 2.75) is 0 Å². The maximum Gasteiger partial charge on any atom is 0.241 e. The number of amides is 1. The van der Waals surface area contributed by atoms with Crippen LogP contribution >= 0.6 is 0 Å². The summed E-state index contributed by atoms with van der Waals surface area (Å²) >= 11 is 0. The highest BCUT2D eigenvalue weighted by molar-refractivity contribution is 5.83. The van der Waals surface area contributed by atoms with Crippen LogP contribution in [0.25, 0.3) is 10.9 Å². The third-order valence-electron chi connectivity index (χ3n) is 2.85. The number of hydrogen-bond donors (Lipinski definition) is 0. The Hall–Kier alpha value is -2.10. The van der Waals surface area contributed by atoms with E-state index in [-0.39, 0.29) is 5.91 Å². The van der Waals surface area contributed by atoms with Gasteiger partial charge in [0.25, 0.3) is 0 Å². The van der Waals surface area contributed by atoms with Crippen LogP contribution in [0.15, 0.2) is 36.4 Å². The number of nitrogens with zero attached hydrogens (tertiary/aromatic N) is 3. The molecule has 0 atom stereocenters. The monoisotopic (exact) mass is 243 g/mol.